The molecule has 1 atom stereocenters. The van der Waals surface area contributed by atoms with Gasteiger partial charge < -0.3 is 4.79 Å². The molecule has 1 heterocycles. The average molecular weight is 173 g/mol. The van der Waals surface area contributed by atoms with Crippen LogP contribution in [-0.2, 0) is 9.63 Å². The Balaban J connectivity index is 2.17. The zero-order valence-corrected chi connectivity index (χ0v) is 7.03. The van der Waals surface area contributed by atoms with Gasteiger partial charge in [-0.1, -0.05) is 0 Å². The van der Waals surface area contributed by atoms with Crippen LogP contribution < -0.4 is 11.3 Å². The van der Waals surface area contributed by atoms with Gasteiger partial charge in [-0.2, -0.15) is 5.06 Å². The van der Waals surface area contributed by atoms with E-state index in [1.165, 1.54) is 0 Å². The van der Waals surface area contributed by atoms with E-state index in [0.29, 0.717) is 13.2 Å². The zero-order chi connectivity index (χ0) is 8.81. The molecule has 0 aromatic carbocycles. The fourth-order valence-electron chi connectivity index (χ4n) is 1.28. The first-order chi connectivity index (χ1) is 5.88. The van der Waals surface area contributed by atoms with Gasteiger partial charge in [0.25, 0.3) is 0 Å². The smallest absolute Gasteiger partial charge is 0.139 e. The number of hydrogen-bond acceptors (Lipinski definition) is 5. The molecule has 0 aliphatic carbocycles. The Morgan fingerprint density at radius 3 is 3.25 bits per heavy atom. The molecule has 5 heteroatoms. The molecule has 1 rings (SSSR count). The van der Waals surface area contributed by atoms with Gasteiger partial charge >= 0.3 is 0 Å². The second-order valence-electron chi connectivity index (χ2n) is 2.77. The summed E-state index contributed by atoms with van der Waals surface area (Å²) in [6.07, 6.45) is 2.86. The van der Waals surface area contributed by atoms with Crippen LogP contribution in [0.5, 0.6) is 0 Å². The number of carbonyl (C=O) groups is 1. The molecule has 1 aliphatic rings. The predicted octanol–water partition coefficient (Wildman–Crippen LogP) is -0.955. The molecule has 0 radical (unpaired) electrons. The first-order valence-electron chi connectivity index (χ1n) is 4.17. The monoisotopic (exact) mass is 173 g/mol. The highest BCUT2D eigenvalue weighted by Crippen LogP contribution is 2.14. The lowest BCUT2D eigenvalue weighted by atomic mass is 10.2. The second kappa shape index (κ2) is 5.21. The number of rotatable bonds is 5. The summed E-state index contributed by atoms with van der Waals surface area (Å²) in [5.74, 6) is 5.06. The van der Waals surface area contributed by atoms with E-state index in [0.717, 1.165) is 25.7 Å². The molecule has 0 amide bonds. The van der Waals surface area contributed by atoms with Crippen molar-refractivity contribution in [3.8, 4) is 0 Å². The van der Waals surface area contributed by atoms with Crippen molar-refractivity contribution in [2.45, 2.75) is 18.9 Å². The van der Waals surface area contributed by atoms with E-state index in [1.807, 2.05) is 0 Å². The molecule has 0 bridgehead atoms. The standard InChI is InChI=1S/C7H15N3O2/c8-9-3-5-12-10-4-1-2-7(10)6-11/h6-7,9H,1-5,8H2/t7-/m0/s1. The van der Waals surface area contributed by atoms with Crippen LogP contribution >= 0.6 is 0 Å². The van der Waals surface area contributed by atoms with Gasteiger partial charge in [-0.05, 0) is 12.8 Å². The van der Waals surface area contributed by atoms with Crippen molar-refractivity contribution in [2.75, 3.05) is 19.7 Å². The van der Waals surface area contributed by atoms with E-state index in [1.54, 1.807) is 5.06 Å². The lowest BCUT2D eigenvalue weighted by molar-refractivity contribution is -0.168. The molecule has 1 aliphatic heterocycles. The zero-order valence-electron chi connectivity index (χ0n) is 7.03. The normalized spacial score (nSPS) is 24.6. The Labute approximate surface area is 71.8 Å². The third-order valence-corrected chi connectivity index (χ3v) is 1.91. The summed E-state index contributed by atoms with van der Waals surface area (Å²) in [4.78, 5) is 15.8. The van der Waals surface area contributed by atoms with Crippen LogP contribution in [0.3, 0.4) is 0 Å². The molecular weight excluding hydrogens is 158 g/mol. The molecular formula is C7H15N3O2. The van der Waals surface area contributed by atoms with Gasteiger partial charge in [0, 0.05) is 13.1 Å². The Morgan fingerprint density at radius 2 is 2.58 bits per heavy atom. The van der Waals surface area contributed by atoms with Crippen LogP contribution in [0.1, 0.15) is 12.8 Å². The van der Waals surface area contributed by atoms with Crippen molar-refractivity contribution >= 4 is 6.29 Å². The Hall–Kier alpha value is -0.490. The van der Waals surface area contributed by atoms with Crippen molar-refractivity contribution in [3.63, 3.8) is 0 Å². The number of nitrogens with zero attached hydrogens (tertiary/aromatic N) is 1. The minimum Gasteiger partial charge on any atom is -0.302 e. The maximum atomic E-state index is 10.5. The summed E-state index contributed by atoms with van der Waals surface area (Å²) in [6, 6.07) is -0.0530. The van der Waals surface area contributed by atoms with Crippen molar-refractivity contribution < 1.29 is 9.63 Å². The van der Waals surface area contributed by atoms with E-state index in [-0.39, 0.29) is 6.04 Å². The molecule has 12 heavy (non-hydrogen) atoms. The fraction of sp³-hybridized carbons (Fsp3) is 0.857. The summed E-state index contributed by atoms with van der Waals surface area (Å²) in [5.41, 5.74) is 2.48. The molecule has 0 aromatic rings. The van der Waals surface area contributed by atoms with E-state index in [2.05, 4.69) is 5.43 Å². The SMILES string of the molecule is NNCCON1CCC[C@H]1C=O. The van der Waals surface area contributed by atoms with Crippen LogP contribution in [0.4, 0.5) is 0 Å². The first kappa shape index (κ1) is 9.60. The van der Waals surface area contributed by atoms with Gasteiger partial charge in [0.05, 0.1) is 12.6 Å². The quantitative estimate of drug-likeness (QED) is 0.243. The summed E-state index contributed by atoms with van der Waals surface area (Å²) in [5, 5.41) is 1.73. The largest absolute Gasteiger partial charge is 0.302 e. The van der Waals surface area contributed by atoms with Crippen molar-refractivity contribution in [1.29, 1.82) is 0 Å². The Morgan fingerprint density at radius 1 is 1.75 bits per heavy atom. The Bertz CT molecular complexity index is 143. The second-order valence-corrected chi connectivity index (χ2v) is 2.77. The van der Waals surface area contributed by atoms with Crippen LogP contribution in [0.25, 0.3) is 0 Å². The Kier molecular flexibility index (Phi) is 4.16. The average Bonchev–Trinajstić information content (AvgIpc) is 2.52. The number of nitrogens with two attached hydrogens (primary N) is 1. The maximum Gasteiger partial charge on any atom is 0.139 e. The maximum absolute atomic E-state index is 10.5. The van der Waals surface area contributed by atoms with Gasteiger partial charge in [-0.25, -0.2) is 0 Å². The molecule has 5 nitrogen and oxygen atoms in total. The topological polar surface area (TPSA) is 67.6 Å². The number of hydrazine groups is 1. The molecule has 1 fully saturated rings. The summed E-state index contributed by atoms with van der Waals surface area (Å²) in [7, 11) is 0. The molecule has 0 spiro atoms. The number of aldehydes is 1. The third-order valence-electron chi connectivity index (χ3n) is 1.91. The molecule has 0 aromatic heterocycles. The molecule has 3 N–H and O–H groups in total. The molecule has 0 unspecified atom stereocenters. The molecule has 70 valence electrons. The minimum atomic E-state index is -0.0530. The summed E-state index contributed by atoms with van der Waals surface area (Å²) >= 11 is 0. The lowest BCUT2D eigenvalue weighted by Gasteiger charge is -2.18. The van der Waals surface area contributed by atoms with Gasteiger partial charge in [0.1, 0.15) is 6.29 Å². The fourth-order valence-corrected chi connectivity index (χ4v) is 1.28. The lowest BCUT2D eigenvalue weighted by Crippen LogP contribution is -2.34. The van der Waals surface area contributed by atoms with Gasteiger partial charge in [0.2, 0.25) is 0 Å². The minimum absolute atomic E-state index is 0.0530. The molecule has 0 saturated carbocycles. The van der Waals surface area contributed by atoms with Crippen molar-refractivity contribution in [3.05, 3.63) is 0 Å². The van der Waals surface area contributed by atoms with Crippen LogP contribution in [0.2, 0.25) is 0 Å². The highest BCUT2D eigenvalue weighted by molar-refractivity contribution is 5.57. The summed E-state index contributed by atoms with van der Waals surface area (Å²) < 4.78 is 0. The summed E-state index contributed by atoms with van der Waals surface area (Å²) in [6.45, 7) is 1.96. The number of hydrogen-bond donors (Lipinski definition) is 2. The number of hydroxylamine groups is 2. The highest BCUT2D eigenvalue weighted by Gasteiger charge is 2.24. The van der Waals surface area contributed by atoms with E-state index in [4.69, 9.17) is 10.7 Å². The van der Waals surface area contributed by atoms with Gasteiger partial charge in [-0.15, -0.1) is 0 Å². The van der Waals surface area contributed by atoms with Crippen LogP contribution in [0.15, 0.2) is 0 Å². The van der Waals surface area contributed by atoms with Gasteiger partial charge in [0.15, 0.2) is 0 Å². The third kappa shape index (κ3) is 2.53. The van der Waals surface area contributed by atoms with Crippen molar-refractivity contribution in [2.24, 2.45) is 5.84 Å². The highest BCUT2D eigenvalue weighted by atomic mass is 16.7. The van der Waals surface area contributed by atoms with E-state index in [9.17, 15) is 4.79 Å². The van der Waals surface area contributed by atoms with E-state index < -0.39 is 0 Å². The first-order valence-corrected chi connectivity index (χ1v) is 4.17. The van der Waals surface area contributed by atoms with E-state index >= 15 is 0 Å². The number of carbonyl (C=O) groups excluding carboxylic acids is 1. The van der Waals surface area contributed by atoms with Crippen LogP contribution in [-0.4, -0.2) is 37.1 Å². The van der Waals surface area contributed by atoms with Crippen molar-refractivity contribution in [1.82, 2.24) is 10.5 Å². The van der Waals surface area contributed by atoms with Crippen LogP contribution in [0, 0.1) is 0 Å². The number of nitrogens with one attached hydrogen (secondary N) is 1. The van der Waals surface area contributed by atoms with Gasteiger partial charge in [-0.3, -0.25) is 16.1 Å². The molecule has 1 saturated heterocycles. The predicted molar refractivity (Wildman–Crippen MR) is 43.9 cm³/mol.